The van der Waals surface area contributed by atoms with E-state index in [1.807, 2.05) is 0 Å². The molecule has 1 aromatic rings. The Labute approximate surface area is 111 Å². The topological polar surface area (TPSA) is 32.5 Å². The predicted octanol–water partition coefficient (Wildman–Crippen LogP) is 1.71. The fourth-order valence-corrected chi connectivity index (χ4v) is 2.91. The lowest BCUT2D eigenvalue weighted by Gasteiger charge is -2.30. The predicted molar refractivity (Wildman–Crippen MR) is 78.0 cm³/mol. The number of anilines is 1. The lowest BCUT2D eigenvalue weighted by atomic mass is 10.1. The molecule has 0 aliphatic carbocycles. The number of hydrogen-bond donors (Lipinski definition) is 1. The third-order valence-electron chi connectivity index (χ3n) is 3.91. The zero-order valence-corrected chi connectivity index (χ0v) is 11.8. The lowest BCUT2D eigenvalue weighted by Crippen LogP contribution is -2.44. The Morgan fingerprint density at radius 2 is 1.94 bits per heavy atom. The lowest BCUT2D eigenvalue weighted by molar-refractivity contribution is 0.244. The van der Waals surface area contributed by atoms with Crippen molar-refractivity contribution in [3.63, 3.8) is 0 Å². The molecule has 1 aliphatic rings. The molecule has 1 saturated heterocycles. The van der Waals surface area contributed by atoms with Crippen molar-refractivity contribution < 1.29 is 0 Å². The fraction of sp³-hybridized carbons (Fsp3) is 0.600. The van der Waals surface area contributed by atoms with Gasteiger partial charge in [0.1, 0.15) is 0 Å². The second kappa shape index (κ2) is 5.72. The van der Waals surface area contributed by atoms with Crippen molar-refractivity contribution in [2.45, 2.75) is 19.9 Å². The highest BCUT2D eigenvalue weighted by atomic mass is 15.2. The van der Waals surface area contributed by atoms with E-state index in [1.54, 1.807) is 0 Å². The van der Waals surface area contributed by atoms with Gasteiger partial charge in [0.25, 0.3) is 0 Å². The van der Waals surface area contributed by atoms with E-state index in [0.717, 1.165) is 26.2 Å². The van der Waals surface area contributed by atoms with Crippen LogP contribution in [0, 0.1) is 12.8 Å². The summed E-state index contributed by atoms with van der Waals surface area (Å²) in [5.41, 5.74) is 8.63. The van der Waals surface area contributed by atoms with Gasteiger partial charge in [-0.1, -0.05) is 25.1 Å². The molecule has 2 rings (SSSR count). The van der Waals surface area contributed by atoms with Gasteiger partial charge in [0, 0.05) is 37.9 Å². The van der Waals surface area contributed by atoms with Crippen molar-refractivity contribution in [2.75, 3.05) is 38.1 Å². The number of nitrogens with two attached hydrogens (primary N) is 1. The molecule has 0 aromatic heterocycles. The summed E-state index contributed by atoms with van der Waals surface area (Å²) < 4.78 is 0. The van der Waals surface area contributed by atoms with Crippen LogP contribution < -0.4 is 10.6 Å². The monoisotopic (exact) mass is 247 g/mol. The average Bonchev–Trinajstić information content (AvgIpc) is 2.48. The molecule has 0 spiro atoms. The standard InChI is InChI=1S/C15H25N3/c1-12-9-17(3)14(8-16)11-18(10-12)15-7-5-4-6-13(15)2/h4-7,12,14H,8-11,16H2,1-3H3. The fourth-order valence-electron chi connectivity index (χ4n) is 2.91. The van der Waals surface area contributed by atoms with Gasteiger partial charge in [-0.25, -0.2) is 0 Å². The number of hydrogen-bond acceptors (Lipinski definition) is 3. The summed E-state index contributed by atoms with van der Waals surface area (Å²) in [7, 11) is 2.19. The van der Waals surface area contributed by atoms with E-state index in [1.165, 1.54) is 11.3 Å². The molecule has 1 heterocycles. The highest BCUT2D eigenvalue weighted by Gasteiger charge is 2.25. The summed E-state index contributed by atoms with van der Waals surface area (Å²) in [4.78, 5) is 4.91. The SMILES string of the molecule is Cc1ccccc1N1CC(C)CN(C)C(CN)C1. The van der Waals surface area contributed by atoms with Crippen molar-refractivity contribution in [1.29, 1.82) is 0 Å². The van der Waals surface area contributed by atoms with E-state index in [9.17, 15) is 0 Å². The third-order valence-corrected chi connectivity index (χ3v) is 3.91. The number of nitrogens with zero attached hydrogens (tertiary/aromatic N) is 2. The van der Waals surface area contributed by atoms with Crippen molar-refractivity contribution in [1.82, 2.24) is 4.90 Å². The summed E-state index contributed by atoms with van der Waals surface area (Å²) in [6, 6.07) is 9.09. The van der Waals surface area contributed by atoms with Crippen LogP contribution in [-0.4, -0.2) is 44.2 Å². The minimum Gasteiger partial charge on any atom is -0.369 e. The van der Waals surface area contributed by atoms with Crippen molar-refractivity contribution in [2.24, 2.45) is 11.7 Å². The van der Waals surface area contributed by atoms with Gasteiger partial charge >= 0.3 is 0 Å². The Morgan fingerprint density at radius 3 is 2.61 bits per heavy atom. The Hall–Kier alpha value is -1.06. The van der Waals surface area contributed by atoms with E-state index in [2.05, 4.69) is 55.0 Å². The summed E-state index contributed by atoms with van der Waals surface area (Å²) in [6.07, 6.45) is 0. The van der Waals surface area contributed by atoms with Gasteiger partial charge in [0.05, 0.1) is 0 Å². The molecule has 0 saturated carbocycles. The Morgan fingerprint density at radius 1 is 1.22 bits per heavy atom. The van der Waals surface area contributed by atoms with Crippen molar-refractivity contribution in [3.8, 4) is 0 Å². The molecular formula is C15H25N3. The quantitative estimate of drug-likeness (QED) is 0.863. The summed E-state index contributed by atoms with van der Waals surface area (Å²) >= 11 is 0. The molecule has 2 atom stereocenters. The van der Waals surface area contributed by atoms with E-state index in [4.69, 9.17) is 5.73 Å². The van der Waals surface area contributed by atoms with Crippen LogP contribution in [0.3, 0.4) is 0 Å². The minimum absolute atomic E-state index is 0.453. The molecule has 3 heteroatoms. The largest absolute Gasteiger partial charge is 0.369 e. The maximum atomic E-state index is 5.92. The Bertz CT molecular complexity index is 391. The maximum Gasteiger partial charge on any atom is 0.0396 e. The maximum absolute atomic E-state index is 5.92. The minimum atomic E-state index is 0.453. The van der Waals surface area contributed by atoms with Crippen LogP contribution in [0.1, 0.15) is 12.5 Å². The van der Waals surface area contributed by atoms with Crippen LogP contribution in [0.4, 0.5) is 5.69 Å². The molecule has 3 nitrogen and oxygen atoms in total. The molecule has 100 valence electrons. The Balaban J connectivity index is 2.24. The highest BCUT2D eigenvalue weighted by Crippen LogP contribution is 2.23. The smallest absolute Gasteiger partial charge is 0.0396 e. The molecule has 2 N–H and O–H groups in total. The van der Waals surface area contributed by atoms with Gasteiger partial charge in [0.2, 0.25) is 0 Å². The number of benzene rings is 1. The van der Waals surface area contributed by atoms with Crippen LogP contribution in [-0.2, 0) is 0 Å². The zero-order valence-electron chi connectivity index (χ0n) is 11.8. The second-order valence-electron chi connectivity index (χ2n) is 5.63. The van der Waals surface area contributed by atoms with Gasteiger partial charge in [-0.2, -0.15) is 0 Å². The van der Waals surface area contributed by atoms with Crippen LogP contribution in [0.5, 0.6) is 0 Å². The molecule has 0 bridgehead atoms. The van der Waals surface area contributed by atoms with Crippen LogP contribution in [0.25, 0.3) is 0 Å². The van der Waals surface area contributed by atoms with E-state index >= 15 is 0 Å². The zero-order chi connectivity index (χ0) is 13.1. The van der Waals surface area contributed by atoms with E-state index in [0.29, 0.717) is 12.0 Å². The number of likely N-dealkylation sites (N-methyl/N-ethyl adjacent to an activating group) is 1. The first-order valence-electron chi connectivity index (χ1n) is 6.82. The number of rotatable bonds is 2. The summed E-state index contributed by atoms with van der Waals surface area (Å²) in [5.74, 6) is 0.672. The van der Waals surface area contributed by atoms with Crippen LogP contribution in [0.15, 0.2) is 24.3 Å². The van der Waals surface area contributed by atoms with Crippen molar-refractivity contribution >= 4 is 5.69 Å². The number of para-hydroxylation sites is 1. The molecule has 0 radical (unpaired) electrons. The summed E-state index contributed by atoms with van der Waals surface area (Å²) in [5, 5.41) is 0. The first kappa shape index (κ1) is 13.4. The third kappa shape index (κ3) is 2.85. The van der Waals surface area contributed by atoms with Crippen LogP contribution >= 0.6 is 0 Å². The second-order valence-corrected chi connectivity index (χ2v) is 5.63. The molecule has 0 amide bonds. The normalized spacial score (nSPS) is 26.1. The van der Waals surface area contributed by atoms with Gasteiger partial charge in [-0.05, 0) is 31.5 Å². The highest BCUT2D eigenvalue weighted by molar-refractivity contribution is 5.53. The number of aryl methyl sites for hydroxylation is 1. The molecule has 1 aromatic carbocycles. The first-order chi connectivity index (χ1) is 8.61. The average molecular weight is 247 g/mol. The van der Waals surface area contributed by atoms with Crippen LogP contribution in [0.2, 0.25) is 0 Å². The van der Waals surface area contributed by atoms with Gasteiger partial charge in [-0.15, -0.1) is 0 Å². The van der Waals surface area contributed by atoms with E-state index < -0.39 is 0 Å². The molecule has 1 aliphatic heterocycles. The van der Waals surface area contributed by atoms with Crippen molar-refractivity contribution in [3.05, 3.63) is 29.8 Å². The molecule has 18 heavy (non-hydrogen) atoms. The van der Waals surface area contributed by atoms with Gasteiger partial charge in [-0.3, -0.25) is 0 Å². The summed E-state index contributed by atoms with van der Waals surface area (Å²) in [6.45, 7) is 8.51. The molecule has 1 fully saturated rings. The Kier molecular flexibility index (Phi) is 4.25. The van der Waals surface area contributed by atoms with Gasteiger partial charge < -0.3 is 15.5 Å². The van der Waals surface area contributed by atoms with E-state index in [-0.39, 0.29) is 0 Å². The molecule has 2 unspecified atom stereocenters. The van der Waals surface area contributed by atoms with Gasteiger partial charge in [0.15, 0.2) is 0 Å². The molecular weight excluding hydrogens is 222 g/mol. The first-order valence-corrected chi connectivity index (χ1v) is 6.82.